The quantitative estimate of drug-likeness (QED) is 0.400. The monoisotopic (exact) mass is 475 g/mol. The van der Waals surface area contributed by atoms with Gasteiger partial charge in [0, 0.05) is 32.0 Å². The molecule has 0 aliphatic heterocycles. The topological polar surface area (TPSA) is 95.5 Å². The Balaban J connectivity index is 1.69. The Hall–Kier alpha value is -4.20. The number of aromatic nitrogens is 1. The maximum atomic E-state index is 12.4. The Morgan fingerprint density at radius 2 is 1.74 bits per heavy atom. The number of nitrogens with zero attached hydrogens (tertiary/aromatic N) is 2. The lowest BCUT2D eigenvalue weighted by Gasteiger charge is -2.15. The Bertz CT molecular complexity index is 1370. The minimum Gasteiger partial charge on any atom is -0.491 e. The summed E-state index contributed by atoms with van der Waals surface area (Å²) in [5.41, 5.74) is 8.49. The van der Waals surface area contributed by atoms with E-state index in [1.807, 2.05) is 62.4 Å². The van der Waals surface area contributed by atoms with Crippen molar-refractivity contribution in [1.29, 1.82) is 0 Å². The normalized spacial score (nSPS) is 11.1. The Morgan fingerprint density at radius 3 is 2.40 bits per heavy atom. The van der Waals surface area contributed by atoms with Crippen LogP contribution in [0.3, 0.4) is 0 Å². The lowest BCUT2D eigenvalue weighted by atomic mass is 10.1. The van der Waals surface area contributed by atoms with Crippen LogP contribution in [0.25, 0.3) is 16.4 Å². The number of carbonyl (C=O) groups is 2. The van der Waals surface area contributed by atoms with E-state index in [9.17, 15) is 9.59 Å². The van der Waals surface area contributed by atoms with Gasteiger partial charge in [-0.3, -0.25) is 4.79 Å². The first-order valence-electron chi connectivity index (χ1n) is 11.4. The highest BCUT2D eigenvalue weighted by Crippen LogP contribution is 2.36. The van der Waals surface area contributed by atoms with Gasteiger partial charge in [-0.2, -0.15) is 0 Å². The second-order valence-corrected chi connectivity index (χ2v) is 8.69. The fourth-order valence-electron chi connectivity index (χ4n) is 3.89. The van der Waals surface area contributed by atoms with Gasteiger partial charge < -0.3 is 29.2 Å². The molecule has 2 N–H and O–H groups in total. The summed E-state index contributed by atoms with van der Waals surface area (Å²) in [6.45, 7) is 4.31. The number of primary amides is 1. The highest BCUT2D eigenvalue weighted by Gasteiger charge is 2.22. The maximum absolute atomic E-state index is 12.4. The third-order valence-electron chi connectivity index (χ3n) is 5.43. The summed E-state index contributed by atoms with van der Waals surface area (Å²) in [5.74, 6) is 0.942. The molecule has 0 saturated heterocycles. The predicted molar refractivity (Wildman–Crippen MR) is 135 cm³/mol. The summed E-state index contributed by atoms with van der Waals surface area (Å²) in [6.07, 6.45) is 1.87. The smallest absolute Gasteiger partial charge is 0.414 e. The molecule has 4 rings (SSSR count). The van der Waals surface area contributed by atoms with E-state index in [1.54, 1.807) is 30.8 Å². The summed E-state index contributed by atoms with van der Waals surface area (Å²) < 4.78 is 19.1. The van der Waals surface area contributed by atoms with Crippen LogP contribution in [-0.4, -0.2) is 48.1 Å². The van der Waals surface area contributed by atoms with Crippen LogP contribution in [0.1, 0.15) is 29.8 Å². The molecule has 2 aromatic carbocycles. The van der Waals surface area contributed by atoms with Gasteiger partial charge in [0.05, 0.1) is 30.0 Å². The van der Waals surface area contributed by atoms with Crippen LogP contribution in [0, 0.1) is 0 Å². The van der Waals surface area contributed by atoms with Gasteiger partial charge in [0.2, 0.25) is 0 Å². The number of hydrogen-bond acceptors (Lipinski definition) is 5. The lowest BCUT2D eigenvalue weighted by Crippen LogP contribution is -2.25. The molecular weight excluding hydrogens is 446 g/mol. The summed E-state index contributed by atoms with van der Waals surface area (Å²) in [4.78, 5) is 26.0. The van der Waals surface area contributed by atoms with Gasteiger partial charge in [0.25, 0.3) is 5.91 Å². The Labute approximate surface area is 203 Å². The second kappa shape index (κ2) is 9.97. The highest BCUT2D eigenvalue weighted by atomic mass is 16.6. The van der Waals surface area contributed by atoms with Gasteiger partial charge >= 0.3 is 6.09 Å². The van der Waals surface area contributed by atoms with Gasteiger partial charge in [-0.15, -0.1) is 0 Å². The predicted octanol–water partition coefficient (Wildman–Crippen LogP) is 4.66. The number of ether oxygens (including phenoxy) is 3. The zero-order chi connectivity index (χ0) is 25.1. The summed E-state index contributed by atoms with van der Waals surface area (Å²) in [5, 5.41) is 0.696. The van der Waals surface area contributed by atoms with E-state index in [0.29, 0.717) is 35.2 Å². The zero-order valence-electron chi connectivity index (χ0n) is 20.3. The van der Waals surface area contributed by atoms with Crippen molar-refractivity contribution in [3.05, 3.63) is 71.9 Å². The molecule has 0 saturated carbocycles. The Kier molecular flexibility index (Phi) is 6.82. The molecule has 0 spiro atoms. The van der Waals surface area contributed by atoms with Gasteiger partial charge in [-0.05, 0) is 37.6 Å². The van der Waals surface area contributed by atoms with Crippen molar-refractivity contribution in [3.63, 3.8) is 0 Å². The van der Waals surface area contributed by atoms with Crippen LogP contribution in [-0.2, 0) is 6.42 Å². The van der Waals surface area contributed by atoms with Crippen molar-refractivity contribution in [2.45, 2.75) is 26.4 Å². The number of pyridine rings is 1. The average molecular weight is 476 g/mol. The van der Waals surface area contributed by atoms with Gasteiger partial charge in [0.1, 0.15) is 17.0 Å². The molecule has 0 unspecified atom stereocenters. The second-order valence-electron chi connectivity index (χ2n) is 8.69. The summed E-state index contributed by atoms with van der Waals surface area (Å²) >= 11 is 0. The van der Waals surface area contributed by atoms with E-state index in [-0.39, 0.29) is 11.9 Å². The van der Waals surface area contributed by atoms with Crippen LogP contribution < -0.4 is 19.9 Å². The molecule has 0 aliphatic carbocycles. The van der Waals surface area contributed by atoms with E-state index in [4.69, 9.17) is 19.9 Å². The standard InChI is InChI=1S/C27H29N3O5/c1-17(2)34-19-11-9-18(10-12-19)13-14-33-23-15-20(35-27(32)29(3)4)16-30-22-8-6-5-7-21(22)24(25(23)30)26(28)31/h5-12,15-17H,13-14H2,1-4H3,(H2,28,31). The molecule has 8 heteroatoms. The molecule has 2 heterocycles. The largest absolute Gasteiger partial charge is 0.491 e. The molecule has 8 nitrogen and oxygen atoms in total. The Morgan fingerprint density at radius 1 is 1.03 bits per heavy atom. The molecule has 0 atom stereocenters. The van der Waals surface area contributed by atoms with Crippen LogP contribution in [0.2, 0.25) is 0 Å². The number of amides is 2. The molecule has 0 radical (unpaired) electrons. The number of fused-ring (bicyclic) bond motifs is 3. The molecular formula is C27H29N3O5. The average Bonchev–Trinajstić information content (AvgIpc) is 3.14. The lowest BCUT2D eigenvalue weighted by molar-refractivity contribution is 0.100. The van der Waals surface area contributed by atoms with E-state index in [2.05, 4.69) is 0 Å². The molecule has 35 heavy (non-hydrogen) atoms. The third-order valence-corrected chi connectivity index (χ3v) is 5.43. The van der Waals surface area contributed by atoms with Crippen molar-refractivity contribution in [3.8, 4) is 17.2 Å². The molecule has 0 fully saturated rings. The van der Waals surface area contributed by atoms with Crippen LogP contribution in [0.15, 0.2) is 60.8 Å². The highest BCUT2D eigenvalue weighted by molar-refractivity contribution is 6.14. The molecule has 2 aromatic heterocycles. The molecule has 0 aliphatic rings. The first-order chi connectivity index (χ1) is 16.7. The summed E-state index contributed by atoms with van der Waals surface area (Å²) in [7, 11) is 3.21. The van der Waals surface area contributed by atoms with Gasteiger partial charge in [-0.1, -0.05) is 30.3 Å². The third kappa shape index (κ3) is 5.16. The van der Waals surface area contributed by atoms with Crippen LogP contribution in [0.4, 0.5) is 4.79 Å². The number of hydrogen-bond donors (Lipinski definition) is 1. The maximum Gasteiger partial charge on any atom is 0.414 e. The van der Waals surface area contributed by atoms with E-state index in [1.165, 1.54) is 4.90 Å². The molecule has 0 bridgehead atoms. The minimum absolute atomic E-state index is 0.109. The van der Waals surface area contributed by atoms with Crippen molar-refractivity contribution in [2.75, 3.05) is 20.7 Å². The van der Waals surface area contributed by atoms with Gasteiger partial charge in [-0.25, -0.2) is 4.79 Å². The van der Waals surface area contributed by atoms with E-state index < -0.39 is 12.0 Å². The fourth-order valence-corrected chi connectivity index (χ4v) is 3.89. The fraction of sp³-hybridized carbons (Fsp3) is 0.259. The summed E-state index contributed by atoms with van der Waals surface area (Å²) in [6, 6.07) is 16.9. The van der Waals surface area contributed by atoms with E-state index in [0.717, 1.165) is 16.8 Å². The van der Waals surface area contributed by atoms with Gasteiger partial charge in [0.15, 0.2) is 5.75 Å². The van der Waals surface area contributed by atoms with Crippen molar-refractivity contribution in [1.82, 2.24) is 9.30 Å². The number of rotatable bonds is 8. The van der Waals surface area contributed by atoms with Crippen LogP contribution in [0.5, 0.6) is 17.2 Å². The van der Waals surface area contributed by atoms with Crippen molar-refractivity contribution >= 4 is 28.4 Å². The number of benzene rings is 2. The minimum atomic E-state index is -0.563. The first kappa shape index (κ1) is 23.9. The van der Waals surface area contributed by atoms with Crippen molar-refractivity contribution < 1.29 is 23.8 Å². The zero-order valence-corrected chi connectivity index (χ0v) is 20.3. The number of nitrogens with two attached hydrogens (primary N) is 1. The van der Waals surface area contributed by atoms with Crippen molar-refractivity contribution in [2.24, 2.45) is 5.73 Å². The molecule has 2 amide bonds. The molecule has 4 aromatic rings. The SMILES string of the molecule is CC(C)Oc1ccc(CCOc2cc(OC(=O)N(C)C)cn3c2c(C(N)=O)c2ccccc23)cc1. The van der Waals surface area contributed by atoms with E-state index >= 15 is 0 Å². The number of para-hydroxylation sites is 1. The van der Waals surface area contributed by atoms with Crippen LogP contribution >= 0.6 is 0 Å². The number of carbonyl (C=O) groups excluding carboxylic acids is 2. The molecule has 182 valence electrons. The first-order valence-corrected chi connectivity index (χ1v) is 11.4.